The molecule has 3 N–H and O–H groups in total. The maximum Gasteiger partial charge on any atom is 0.242 e. The summed E-state index contributed by atoms with van der Waals surface area (Å²) in [6.45, 7) is 2.81. The van der Waals surface area contributed by atoms with Crippen molar-refractivity contribution >= 4 is 20.0 Å². The lowest BCUT2D eigenvalue weighted by atomic mass is 10.1. The summed E-state index contributed by atoms with van der Waals surface area (Å²) in [7, 11) is -6.58. The number of sulfonamides is 2. The van der Waals surface area contributed by atoms with Crippen LogP contribution < -0.4 is 5.14 Å². The molecule has 0 spiro atoms. The minimum absolute atomic E-state index is 0.130. The Morgan fingerprint density at radius 1 is 1.20 bits per heavy atom. The van der Waals surface area contributed by atoms with Gasteiger partial charge in [0.25, 0.3) is 0 Å². The molecule has 0 bridgehead atoms. The molecule has 0 heterocycles. The summed E-state index contributed by atoms with van der Waals surface area (Å²) in [4.78, 5) is -0.481. The van der Waals surface area contributed by atoms with Crippen molar-refractivity contribution in [2.45, 2.75) is 29.2 Å². The van der Waals surface area contributed by atoms with Crippen LogP contribution in [0.2, 0.25) is 0 Å². The predicted molar refractivity (Wildman–Crippen MR) is 73.9 cm³/mol. The smallest absolute Gasteiger partial charge is 0.242 e. The number of nitrogens with two attached hydrogens (primary N) is 1. The van der Waals surface area contributed by atoms with E-state index in [1.54, 1.807) is 0 Å². The fraction of sp³-hybridized carbons (Fsp3) is 0.455. The average molecular weight is 322 g/mol. The molecule has 0 fully saturated rings. The number of nitrogens with zero attached hydrogens (tertiary/aromatic N) is 1. The molecule has 20 heavy (non-hydrogen) atoms. The SMILES string of the molecule is CN(CC(C)(C)O)S(=O)(=O)c1cccc(S(N)(=O)=O)c1. The molecule has 1 rings (SSSR count). The third kappa shape index (κ3) is 4.25. The van der Waals surface area contributed by atoms with Gasteiger partial charge in [-0.2, -0.15) is 4.31 Å². The van der Waals surface area contributed by atoms with Gasteiger partial charge < -0.3 is 5.11 Å². The predicted octanol–water partition coefficient (Wildman–Crippen LogP) is -0.275. The fourth-order valence-electron chi connectivity index (χ4n) is 1.62. The highest BCUT2D eigenvalue weighted by Gasteiger charge is 2.27. The summed E-state index contributed by atoms with van der Waals surface area (Å²) < 4.78 is 48.0. The zero-order valence-electron chi connectivity index (χ0n) is 11.4. The van der Waals surface area contributed by atoms with Crippen LogP contribution in [-0.4, -0.2) is 45.4 Å². The lowest BCUT2D eigenvalue weighted by Gasteiger charge is -2.25. The second-order valence-corrected chi connectivity index (χ2v) is 8.70. The topological polar surface area (TPSA) is 118 Å². The van der Waals surface area contributed by atoms with Gasteiger partial charge in [0.05, 0.1) is 15.4 Å². The van der Waals surface area contributed by atoms with E-state index < -0.39 is 25.6 Å². The van der Waals surface area contributed by atoms with Crippen LogP contribution in [0.1, 0.15) is 13.8 Å². The van der Waals surface area contributed by atoms with Gasteiger partial charge >= 0.3 is 0 Å². The Kier molecular flexibility index (Phi) is 4.62. The maximum absolute atomic E-state index is 12.3. The van der Waals surface area contributed by atoms with Crippen LogP contribution >= 0.6 is 0 Å². The van der Waals surface area contributed by atoms with Crippen molar-refractivity contribution in [3.8, 4) is 0 Å². The van der Waals surface area contributed by atoms with E-state index >= 15 is 0 Å². The Morgan fingerprint density at radius 2 is 1.70 bits per heavy atom. The molecule has 0 aromatic heterocycles. The van der Waals surface area contributed by atoms with Crippen LogP contribution in [0.15, 0.2) is 34.1 Å². The average Bonchev–Trinajstić information content (AvgIpc) is 2.25. The number of hydrogen-bond acceptors (Lipinski definition) is 5. The molecule has 7 nitrogen and oxygen atoms in total. The van der Waals surface area contributed by atoms with Crippen molar-refractivity contribution in [1.82, 2.24) is 4.31 Å². The highest BCUT2D eigenvalue weighted by Crippen LogP contribution is 2.19. The van der Waals surface area contributed by atoms with E-state index in [9.17, 15) is 21.9 Å². The molecular weight excluding hydrogens is 304 g/mol. The Labute approximate surface area is 119 Å². The van der Waals surface area contributed by atoms with E-state index in [1.165, 1.54) is 39.1 Å². The summed E-state index contributed by atoms with van der Waals surface area (Å²) in [5.41, 5.74) is -1.21. The first-order chi connectivity index (χ1) is 8.84. The number of aliphatic hydroxyl groups is 1. The summed E-state index contributed by atoms with van der Waals surface area (Å²) >= 11 is 0. The van der Waals surface area contributed by atoms with Gasteiger partial charge in [0.15, 0.2) is 0 Å². The highest BCUT2D eigenvalue weighted by molar-refractivity contribution is 7.90. The zero-order valence-corrected chi connectivity index (χ0v) is 13.1. The molecule has 1 aromatic carbocycles. The second-order valence-electron chi connectivity index (χ2n) is 5.09. The highest BCUT2D eigenvalue weighted by atomic mass is 32.2. The molecule has 0 atom stereocenters. The third-order valence-electron chi connectivity index (χ3n) is 2.45. The van der Waals surface area contributed by atoms with Gasteiger partial charge in [-0.15, -0.1) is 0 Å². The minimum Gasteiger partial charge on any atom is -0.389 e. The summed E-state index contributed by atoms with van der Waals surface area (Å²) in [5.74, 6) is 0. The van der Waals surface area contributed by atoms with Crippen molar-refractivity contribution in [3.05, 3.63) is 24.3 Å². The fourth-order valence-corrected chi connectivity index (χ4v) is 3.63. The summed E-state index contributed by atoms with van der Waals surface area (Å²) in [5, 5.41) is 14.6. The second kappa shape index (κ2) is 5.41. The molecule has 9 heteroatoms. The number of benzene rings is 1. The van der Waals surface area contributed by atoms with Gasteiger partial charge in [-0.1, -0.05) is 6.07 Å². The zero-order chi connectivity index (χ0) is 15.8. The Balaban J connectivity index is 3.24. The van der Waals surface area contributed by atoms with Crippen LogP contribution in [0.3, 0.4) is 0 Å². The maximum atomic E-state index is 12.3. The summed E-state index contributed by atoms with van der Waals surface area (Å²) in [6, 6.07) is 4.77. The number of likely N-dealkylation sites (N-methyl/N-ethyl adjacent to an activating group) is 1. The Bertz CT molecular complexity index is 690. The first kappa shape index (κ1) is 17.1. The number of rotatable bonds is 5. The van der Waals surface area contributed by atoms with Gasteiger partial charge in [0.2, 0.25) is 20.0 Å². The molecule has 0 aliphatic carbocycles. The van der Waals surface area contributed by atoms with Crippen molar-refractivity contribution < 1.29 is 21.9 Å². The van der Waals surface area contributed by atoms with E-state index in [0.717, 1.165) is 10.4 Å². The van der Waals surface area contributed by atoms with Gasteiger partial charge in [0, 0.05) is 13.6 Å². The molecule has 1 aromatic rings. The van der Waals surface area contributed by atoms with Crippen LogP contribution in [0, 0.1) is 0 Å². The number of primary sulfonamides is 1. The molecule has 0 saturated heterocycles. The monoisotopic (exact) mass is 322 g/mol. The van der Waals surface area contributed by atoms with Crippen molar-refractivity contribution in [1.29, 1.82) is 0 Å². The van der Waals surface area contributed by atoms with Gasteiger partial charge in [-0.05, 0) is 32.0 Å². The van der Waals surface area contributed by atoms with Gasteiger partial charge in [-0.25, -0.2) is 22.0 Å². The quantitative estimate of drug-likeness (QED) is 0.773. The van der Waals surface area contributed by atoms with E-state index in [0.29, 0.717) is 0 Å². The molecule has 0 unspecified atom stereocenters. The van der Waals surface area contributed by atoms with Crippen molar-refractivity contribution in [2.75, 3.05) is 13.6 Å². The first-order valence-corrected chi connectivity index (χ1v) is 8.64. The Hall–Kier alpha value is -1.00. The molecule has 0 amide bonds. The van der Waals surface area contributed by atoms with Crippen LogP contribution in [-0.2, 0) is 20.0 Å². The normalized spacial score (nSPS) is 13.7. The van der Waals surface area contributed by atoms with E-state index in [4.69, 9.17) is 5.14 Å². The number of hydrogen-bond donors (Lipinski definition) is 2. The van der Waals surface area contributed by atoms with E-state index in [1.807, 2.05) is 0 Å². The van der Waals surface area contributed by atoms with Crippen LogP contribution in [0.5, 0.6) is 0 Å². The molecule has 0 saturated carbocycles. The van der Waals surface area contributed by atoms with E-state index in [2.05, 4.69) is 0 Å². The standard InChI is InChI=1S/C11H18N2O5S2/c1-11(2,14)8-13(3)20(17,18)10-6-4-5-9(7-10)19(12,15)16/h4-7,14H,8H2,1-3H3,(H2,12,15,16). The molecule has 0 aliphatic rings. The van der Waals surface area contributed by atoms with Gasteiger partial charge in [-0.3, -0.25) is 0 Å². The van der Waals surface area contributed by atoms with Crippen molar-refractivity contribution in [3.63, 3.8) is 0 Å². The Morgan fingerprint density at radius 3 is 2.15 bits per heavy atom. The van der Waals surface area contributed by atoms with Gasteiger partial charge in [0.1, 0.15) is 0 Å². The summed E-state index contributed by atoms with van der Waals surface area (Å²) in [6.07, 6.45) is 0. The minimum atomic E-state index is -3.98. The van der Waals surface area contributed by atoms with Crippen molar-refractivity contribution in [2.24, 2.45) is 5.14 Å². The third-order valence-corrected chi connectivity index (χ3v) is 5.16. The molecule has 0 aliphatic heterocycles. The lowest BCUT2D eigenvalue weighted by molar-refractivity contribution is 0.0640. The first-order valence-electron chi connectivity index (χ1n) is 5.66. The lowest BCUT2D eigenvalue weighted by Crippen LogP contribution is -2.39. The molecular formula is C11H18N2O5S2. The van der Waals surface area contributed by atoms with E-state index in [-0.39, 0.29) is 16.3 Å². The van der Waals surface area contributed by atoms with Crippen LogP contribution in [0.25, 0.3) is 0 Å². The molecule has 114 valence electrons. The molecule has 0 radical (unpaired) electrons. The largest absolute Gasteiger partial charge is 0.389 e. The van der Waals surface area contributed by atoms with Crippen LogP contribution in [0.4, 0.5) is 0 Å².